The standard InChI is InChI=1S/C25H25F15O.C24H23F15O.C23H21F15O/c1-2-3-14-4-6-15(7-5-14)8-9-16-10-12-17(13-11-16)18(41)19(26,27)20(28,29)21(30,31)22(32,33)23(34,35)24(36,37)25(38,39)40;1-2-13-3-5-14(6-4-13)7-8-15-9-11-16(12-10-15)17(40)18(25,26)19(27,28)20(29,30)21(31,32)22(33,34)23(35,36)24(37,38)39;1-12-2-4-13(5-3-12)6-7-14-8-10-15(11-9-14)16(39)17(24,25)18(26,27)19(28,29)20(30,31)21(32,33)22(34,35)23(36,37)38/h10-15H,2-9H2,1H3;9-14H,2-8H2,1H3;8-13H,2-7H2,1H3. The van der Waals surface area contributed by atoms with Crippen LogP contribution in [0.15, 0.2) is 72.8 Å². The van der Waals surface area contributed by atoms with E-state index in [1.54, 1.807) is 0 Å². The highest BCUT2D eigenvalue weighted by molar-refractivity contribution is 6.03. The first-order valence-corrected chi connectivity index (χ1v) is 35.6. The Hall–Kier alpha value is -6.48. The molecule has 0 aromatic heterocycles. The summed E-state index contributed by atoms with van der Waals surface area (Å²) in [7, 11) is 0. The van der Waals surface area contributed by atoms with E-state index >= 15 is 0 Å². The van der Waals surface area contributed by atoms with Crippen LogP contribution in [-0.4, -0.2) is 142 Å². The molecule has 3 aromatic carbocycles. The number of alkyl halides is 45. The van der Waals surface area contributed by atoms with Crippen LogP contribution in [-0.2, 0) is 19.3 Å². The van der Waals surface area contributed by atoms with Gasteiger partial charge in [-0.25, -0.2) is 0 Å². The largest absolute Gasteiger partial charge is 0.460 e. The monoisotopic (exact) mass is 1840 g/mol. The van der Waals surface area contributed by atoms with E-state index in [1.807, 2.05) is 0 Å². The molecule has 3 aliphatic rings. The van der Waals surface area contributed by atoms with Gasteiger partial charge < -0.3 is 0 Å². The van der Waals surface area contributed by atoms with Crippen LogP contribution in [0.2, 0.25) is 0 Å². The minimum atomic E-state index is -8.42. The number of carbonyl (C=O) groups is 3. The van der Waals surface area contributed by atoms with E-state index in [1.165, 1.54) is 0 Å². The van der Waals surface area contributed by atoms with Gasteiger partial charge in [-0.1, -0.05) is 190 Å². The molecule has 6 rings (SSSR count). The molecule has 120 heavy (non-hydrogen) atoms. The van der Waals surface area contributed by atoms with Crippen LogP contribution in [0.5, 0.6) is 0 Å². The summed E-state index contributed by atoms with van der Waals surface area (Å²) in [4.78, 5) is 35.8. The van der Waals surface area contributed by atoms with E-state index in [2.05, 4.69) is 20.8 Å². The van der Waals surface area contributed by atoms with E-state index in [0.717, 1.165) is 133 Å². The third-order valence-corrected chi connectivity index (χ3v) is 21.4. The zero-order chi connectivity index (χ0) is 93.5. The van der Waals surface area contributed by atoms with Crippen LogP contribution in [0.25, 0.3) is 0 Å². The van der Waals surface area contributed by atoms with Crippen molar-refractivity contribution in [3.63, 3.8) is 0 Å². The summed E-state index contributed by atoms with van der Waals surface area (Å²) >= 11 is 0. The topological polar surface area (TPSA) is 51.2 Å². The van der Waals surface area contributed by atoms with Crippen molar-refractivity contribution in [1.82, 2.24) is 0 Å². The van der Waals surface area contributed by atoms with Crippen molar-refractivity contribution < 1.29 is 212 Å². The summed E-state index contributed by atoms with van der Waals surface area (Å²) in [5.74, 6) is -151. The van der Waals surface area contributed by atoms with Crippen molar-refractivity contribution in [3.05, 3.63) is 106 Å². The SMILES string of the molecule is CC1CCC(CCc2ccc(C(=O)C(F)(F)C(F)(F)C(F)(F)C(F)(F)C(F)(F)C(F)(F)C(F)(F)F)cc2)CC1.CCC1CCC(CCc2ccc(C(=O)C(F)(F)C(F)(F)C(F)(F)C(F)(F)C(F)(F)C(F)(F)C(F)(F)F)cc2)CC1.CCCC1CCC(CCc2ccc(C(=O)C(F)(F)C(F)(F)C(F)(F)C(F)(F)C(F)(F)C(F)(F)C(F)(F)F)cc2)CC1. The second kappa shape index (κ2) is 35.9. The highest BCUT2D eigenvalue weighted by atomic mass is 19.5. The van der Waals surface area contributed by atoms with Crippen LogP contribution >= 0.6 is 0 Å². The van der Waals surface area contributed by atoms with Crippen molar-refractivity contribution in [2.24, 2.45) is 35.5 Å². The molecule has 0 saturated heterocycles. The molecule has 3 saturated carbocycles. The van der Waals surface area contributed by atoms with Crippen LogP contribution in [0.4, 0.5) is 198 Å². The number of benzene rings is 3. The van der Waals surface area contributed by atoms with Gasteiger partial charge in [0.1, 0.15) is 0 Å². The molecule has 0 bridgehead atoms. The molecule has 0 atom stereocenters. The highest BCUT2D eigenvalue weighted by Gasteiger charge is 2.97. The van der Waals surface area contributed by atoms with Gasteiger partial charge in [0.2, 0.25) is 17.3 Å². The van der Waals surface area contributed by atoms with Gasteiger partial charge in [0.25, 0.3) is 0 Å². The quantitative estimate of drug-likeness (QED) is 0.0451. The Bertz CT molecular complexity index is 3850. The van der Waals surface area contributed by atoms with Crippen molar-refractivity contribution in [2.75, 3.05) is 0 Å². The second-order valence-corrected chi connectivity index (χ2v) is 29.6. The lowest BCUT2D eigenvalue weighted by Gasteiger charge is -2.41. The number of carbonyl (C=O) groups excluding carboxylic acids is 3. The minimum Gasteiger partial charge on any atom is -0.287 e. The van der Waals surface area contributed by atoms with Crippen LogP contribution < -0.4 is 0 Å². The van der Waals surface area contributed by atoms with Crippen molar-refractivity contribution in [2.45, 2.75) is 281 Å². The van der Waals surface area contributed by atoms with Gasteiger partial charge >= 0.3 is 125 Å². The van der Waals surface area contributed by atoms with Gasteiger partial charge in [-0.3, -0.25) is 14.4 Å². The first-order chi connectivity index (χ1) is 53.7. The number of hydrogen-bond acceptors (Lipinski definition) is 3. The second-order valence-electron chi connectivity index (χ2n) is 29.6. The lowest BCUT2D eigenvalue weighted by atomic mass is 9.78. The Kier molecular flexibility index (Phi) is 31.6. The van der Waals surface area contributed by atoms with Gasteiger partial charge in [-0.2, -0.15) is 198 Å². The number of hydrogen-bond donors (Lipinski definition) is 0. The molecule has 0 heterocycles. The fourth-order valence-electron chi connectivity index (χ4n) is 13.2. The summed E-state index contributed by atoms with van der Waals surface area (Å²) < 4.78 is 601. The van der Waals surface area contributed by atoms with Crippen molar-refractivity contribution in [1.29, 1.82) is 0 Å². The van der Waals surface area contributed by atoms with E-state index in [4.69, 9.17) is 0 Å². The first-order valence-electron chi connectivity index (χ1n) is 35.6. The maximum atomic E-state index is 14.2. The van der Waals surface area contributed by atoms with Gasteiger partial charge in [0.05, 0.1) is 0 Å². The Morgan fingerprint density at radius 1 is 0.233 bits per heavy atom. The molecular formula is C72H69F45O3. The molecular weight excluding hydrogens is 1770 g/mol. The normalized spacial score (nSPS) is 20.5. The average Bonchev–Trinajstić information content (AvgIpc) is 0.707. The molecule has 48 heteroatoms. The fourth-order valence-corrected chi connectivity index (χ4v) is 13.2. The third kappa shape index (κ3) is 19.3. The lowest BCUT2D eigenvalue weighted by Crippen LogP contribution is -2.73. The van der Waals surface area contributed by atoms with E-state index in [9.17, 15) is 212 Å². The Balaban J connectivity index is 0.000000378. The van der Waals surface area contributed by atoms with Crippen LogP contribution in [0.3, 0.4) is 0 Å². The zero-order valence-electron chi connectivity index (χ0n) is 61.5. The number of rotatable bonds is 33. The van der Waals surface area contributed by atoms with Gasteiger partial charge in [0, 0.05) is 16.7 Å². The van der Waals surface area contributed by atoms with Gasteiger partial charge in [0.15, 0.2) is 0 Å². The first kappa shape index (κ1) is 106. The molecule has 0 spiro atoms. The molecule has 0 amide bonds. The molecule has 0 radical (unpaired) electrons. The summed E-state index contributed by atoms with van der Waals surface area (Å²) in [6, 6.07) is 8.43. The molecule has 0 aliphatic heterocycles. The lowest BCUT2D eigenvalue weighted by molar-refractivity contribution is -0.449. The number of Topliss-reactive ketones (excluding diaryl/α,β-unsaturated/α-hetero) is 3. The number of aryl methyl sites for hydroxylation is 3. The van der Waals surface area contributed by atoms with Crippen molar-refractivity contribution >= 4 is 17.3 Å². The minimum absolute atomic E-state index is 0.317. The molecule has 0 N–H and O–H groups in total. The maximum absolute atomic E-state index is 14.2. The van der Waals surface area contributed by atoms with E-state index in [-0.39, 0.29) is 0 Å². The third-order valence-electron chi connectivity index (χ3n) is 21.4. The Morgan fingerprint density at radius 2 is 0.400 bits per heavy atom. The summed E-state index contributed by atoms with van der Waals surface area (Å²) in [5.41, 5.74) is -3.26. The molecule has 3 fully saturated rings. The highest BCUT2D eigenvalue weighted by Crippen LogP contribution is 2.67. The Morgan fingerprint density at radius 3 is 0.583 bits per heavy atom. The van der Waals surface area contributed by atoms with Gasteiger partial charge in [-0.05, 0) is 90.7 Å². The fraction of sp³-hybridized carbons (Fsp3) is 0.708. The molecule has 3 aliphatic carbocycles. The van der Waals surface area contributed by atoms with E-state index < -0.39 is 159 Å². The van der Waals surface area contributed by atoms with Crippen LogP contribution in [0, 0.1) is 35.5 Å². The van der Waals surface area contributed by atoms with E-state index in [0.29, 0.717) is 127 Å². The summed E-state index contributed by atoms with van der Waals surface area (Å²) in [5, 5.41) is 0. The van der Waals surface area contributed by atoms with Gasteiger partial charge in [-0.15, -0.1) is 0 Å². The number of halogens is 45. The smallest absolute Gasteiger partial charge is 0.287 e. The average molecular weight is 1840 g/mol. The zero-order valence-corrected chi connectivity index (χ0v) is 61.5. The number of ketones is 3. The molecule has 3 nitrogen and oxygen atoms in total. The molecule has 3 aromatic rings. The molecule has 0 unspecified atom stereocenters. The summed E-state index contributed by atoms with van der Waals surface area (Å²) in [6.07, 6.45) is -5.53. The maximum Gasteiger partial charge on any atom is 0.460 e. The predicted octanol–water partition coefficient (Wildman–Crippen LogP) is 28.2. The van der Waals surface area contributed by atoms with Crippen LogP contribution in [0.1, 0.15) is 184 Å². The predicted molar refractivity (Wildman–Crippen MR) is 332 cm³/mol. The van der Waals surface area contributed by atoms with Crippen molar-refractivity contribution in [3.8, 4) is 0 Å². The molecule has 690 valence electrons. The Labute approximate surface area is 650 Å². The summed E-state index contributed by atoms with van der Waals surface area (Å²) in [6.45, 7) is 6.20.